The van der Waals surface area contributed by atoms with Crippen molar-refractivity contribution in [3.63, 3.8) is 0 Å². The quantitative estimate of drug-likeness (QED) is 0.896. The Kier molecular flexibility index (Phi) is 4.94. The average molecular weight is 308 g/mol. The van der Waals surface area contributed by atoms with Crippen molar-refractivity contribution >= 4 is 29.3 Å². The van der Waals surface area contributed by atoms with Gasteiger partial charge < -0.3 is 9.67 Å². The molecule has 0 saturated heterocycles. The van der Waals surface area contributed by atoms with Crippen molar-refractivity contribution in [2.75, 3.05) is 0 Å². The first kappa shape index (κ1) is 15.9. The molecule has 1 aromatic heterocycles. The molecule has 0 amide bonds. The Hall–Kier alpha value is -1.48. The van der Waals surface area contributed by atoms with Gasteiger partial charge in [-0.1, -0.05) is 25.3 Å². The molecule has 0 atom stereocenters. The molecule has 1 saturated carbocycles. The molecule has 1 aliphatic rings. The van der Waals surface area contributed by atoms with Gasteiger partial charge in [-0.25, -0.2) is 4.79 Å². The van der Waals surface area contributed by atoms with Crippen LogP contribution in [0.1, 0.15) is 48.0 Å². The summed E-state index contributed by atoms with van der Waals surface area (Å²) in [6.07, 6.45) is 8.82. The number of nitrogens with zero attached hydrogens (tertiary/aromatic N) is 1. The van der Waals surface area contributed by atoms with Crippen molar-refractivity contribution in [2.24, 2.45) is 5.92 Å². The van der Waals surface area contributed by atoms with Crippen LogP contribution in [0, 0.1) is 12.8 Å². The molecule has 1 N–H and O–H groups in total. The number of carboxylic acid groups (broad SMARTS) is 1. The Labute approximate surface area is 131 Å². The first-order chi connectivity index (χ1) is 9.65. The Morgan fingerprint density at radius 3 is 2.67 bits per heavy atom. The molecule has 1 heterocycles. The van der Waals surface area contributed by atoms with Gasteiger partial charge in [0.05, 0.1) is 5.56 Å². The Bertz CT molecular complexity index is 642. The number of halogens is 1. The highest BCUT2D eigenvalue weighted by atomic mass is 35.5. The minimum atomic E-state index is -0.852. The van der Waals surface area contributed by atoms with E-state index in [0.717, 1.165) is 18.0 Å². The first-order valence-electron chi connectivity index (χ1n) is 7.48. The fourth-order valence-electron chi connectivity index (χ4n) is 3.41. The molecule has 2 aromatic rings. The van der Waals surface area contributed by atoms with Crippen LogP contribution >= 0.6 is 12.4 Å². The maximum atomic E-state index is 11.1. The predicted molar refractivity (Wildman–Crippen MR) is 87.5 cm³/mol. The number of aromatic carboxylic acids is 1. The number of carboxylic acids is 1. The van der Waals surface area contributed by atoms with Gasteiger partial charge in [0.25, 0.3) is 0 Å². The summed E-state index contributed by atoms with van der Waals surface area (Å²) in [5.74, 6) is -0.109. The van der Waals surface area contributed by atoms with Crippen molar-refractivity contribution in [2.45, 2.75) is 45.6 Å². The van der Waals surface area contributed by atoms with Crippen LogP contribution in [0.5, 0.6) is 0 Å². The van der Waals surface area contributed by atoms with Crippen molar-refractivity contribution in [3.8, 4) is 0 Å². The number of hydrogen-bond acceptors (Lipinski definition) is 1. The summed E-state index contributed by atoms with van der Waals surface area (Å²) in [4.78, 5) is 11.1. The highest BCUT2D eigenvalue weighted by molar-refractivity contribution is 5.94. The van der Waals surface area contributed by atoms with E-state index >= 15 is 0 Å². The third-order valence-corrected chi connectivity index (χ3v) is 4.51. The summed E-state index contributed by atoms with van der Waals surface area (Å²) in [5.41, 5.74) is 2.67. The molecule has 0 aliphatic heterocycles. The standard InChI is InChI=1S/C17H21NO2.ClH/c1-12-10-18(11-13-5-3-2-4-6-13)16-9-14(17(19)20)7-8-15(12)16;/h7-10,13H,2-6,11H2,1H3,(H,19,20);1H. The zero-order valence-electron chi connectivity index (χ0n) is 12.3. The van der Waals surface area contributed by atoms with Crippen molar-refractivity contribution in [1.82, 2.24) is 4.57 Å². The van der Waals surface area contributed by atoms with Crippen LogP contribution in [0.15, 0.2) is 24.4 Å². The second kappa shape index (κ2) is 6.52. The van der Waals surface area contributed by atoms with Crippen LogP contribution in [0.3, 0.4) is 0 Å². The van der Waals surface area contributed by atoms with Gasteiger partial charge in [0.15, 0.2) is 0 Å². The largest absolute Gasteiger partial charge is 0.478 e. The number of aromatic nitrogens is 1. The van der Waals surface area contributed by atoms with E-state index in [1.165, 1.54) is 43.1 Å². The van der Waals surface area contributed by atoms with Crippen molar-refractivity contribution < 1.29 is 9.90 Å². The molecule has 21 heavy (non-hydrogen) atoms. The number of hydrogen-bond donors (Lipinski definition) is 1. The number of benzene rings is 1. The van der Waals surface area contributed by atoms with Crippen molar-refractivity contribution in [3.05, 3.63) is 35.5 Å². The minimum absolute atomic E-state index is 0. The van der Waals surface area contributed by atoms with Crippen LogP contribution < -0.4 is 0 Å². The maximum absolute atomic E-state index is 11.1. The molecular formula is C17H22ClNO2. The highest BCUT2D eigenvalue weighted by Crippen LogP contribution is 2.28. The average Bonchev–Trinajstić information content (AvgIpc) is 2.76. The van der Waals surface area contributed by atoms with Crippen LogP contribution in [0.25, 0.3) is 10.9 Å². The number of carbonyl (C=O) groups is 1. The Morgan fingerprint density at radius 1 is 1.29 bits per heavy atom. The molecule has 0 unspecified atom stereocenters. The van der Waals surface area contributed by atoms with E-state index in [-0.39, 0.29) is 12.4 Å². The molecule has 114 valence electrons. The van der Waals surface area contributed by atoms with E-state index in [1.807, 2.05) is 12.1 Å². The second-order valence-electron chi connectivity index (χ2n) is 6.01. The second-order valence-corrected chi connectivity index (χ2v) is 6.01. The maximum Gasteiger partial charge on any atom is 0.335 e. The molecule has 0 spiro atoms. The smallest absolute Gasteiger partial charge is 0.335 e. The fraction of sp³-hybridized carbons (Fsp3) is 0.471. The van der Waals surface area contributed by atoms with Crippen LogP contribution in [-0.2, 0) is 6.54 Å². The Morgan fingerprint density at radius 2 is 2.00 bits per heavy atom. The van der Waals surface area contributed by atoms with Gasteiger partial charge in [-0.2, -0.15) is 0 Å². The lowest BCUT2D eigenvalue weighted by Gasteiger charge is -2.22. The van der Waals surface area contributed by atoms with Gasteiger partial charge in [0, 0.05) is 23.6 Å². The predicted octanol–water partition coefficient (Wildman–Crippen LogP) is 4.65. The van der Waals surface area contributed by atoms with E-state index < -0.39 is 5.97 Å². The fourth-order valence-corrected chi connectivity index (χ4v) is 3.41. The summed E-state index contributed by atoms with van der Waals surface area (Å²) >= 11 is 0. The normalized spacial score (nSPS) is 15.9. The molecule has 3 nitrogen and oxygen atoms in total. The summed E-state index contributed by atoms with van der Waals surface area (Å²) < 4.78 is 2.26. The molecule has 1 aromatic carbocycles. The SMILES string of the molecule is Cc1cn(CC2CCCCC2)c2cc(C(=O)O)ccc12.Cl. The molecule has 3 rings (SSSR count). The topological polar surface area (TPSA) is 42.2 Å². The number of aryl methyl sites for hydroxylation is 1. The molecule has 4 heteroatoms. The lowest BCUT2D eigenvalue weighted by atomic mass is 9.89. The summed E-state index contributed by atoms with van der Waals surface area (Å²) in [6.45, 7) is 3.12. The first-order valence-corrected chi connectivity index (χ1v) is 7.48. The summed E-state index contributed by atoms with van der Waals surface area (Å²) in [6, 6.07) is 5.45. The number of fused-ring (bicyclic) bond motifs is 1. The van der Waals surface area contributed by atoms with Crippen molar-refractivity contribution in [1.29, 1.82) is 0 Å². The molecular weight excluding hydrogens is 286 g/mol. The Balaban J connectivity index is 0.00000161. The van der Waals surface area contributed by atoms with E-state index in [4.69, 9.17) is 5.11 Å². The van der Waals surface area contributed by atoms with Crippen LogP contribution in [0.4, 0.5) is 0 Å². The van der Waals surface area contributed by atoms with Gasteiger partial charge >= 0.3 is 5.97 Å². The lowest BCUT2D eigenvalue weighted by Crippen LogP contribution is -2.13. The van der Waals surface area contributed by atoms with E-state index in [2.05, 4.69) is 17.7 Å². The van der Waals surface area contributed by atoms with E-state index in [9.17, 15) is 4.79 Å². The van der Waals surface area contributed by atoms with E-state index in [0.29, 0.717) is 5.56 Å². The van der Waals surface area contributed by atoms with Crippen LogP contribution in [-0.4, -0.2) is 15.6 Å². The van der Waals surface area contributed by atoms with Gasteiger partial charge in [-0.15, -0.1) is 12.4 Å². The molecule has 1 fully saturated rings. The van der Waals surface area contributed by atoms with Crippen LogP contribution in [0.2, 0.25) is 0 Å². The minimum Gasteiger partial charge on any atom is -0.478 e. The lowest BCUT2D eigenvalue weighted by molar-refractivity contribution is 0.0697. The third-order valence-electron chi connectivity index (χ3n) is 4.51. The van der Waals surface area contributed by atoms with Gasteiger partial charge in [-0.3, -0.25) is 0 Å². The molecule has 0 bridgehead atoms. The summed E-state index contributed by atoms with van der Waals surface area (Å²) in [7, 11) is 0. The zero-order chi connectivity index (χ0) is 14.1. The summed E-state index contributed by atoms with van der Waals surface area (Å²) in [5, 5.41) is 10.3. The zero-order valence-corrected chi connectivity index (χ0v) is 13.2. The van der Waals surface area contributed by atoms with Gasteiger partial charge in [0.2, 0.25) is 0 Å². The van der Waals surface area contributed by atoms with Gasteiger partial charge in [-0.05, 0) is 43.4 Å². The molecule has 0 radical (unpaired) electrons. The highest BCUT2D eigenvalue weighted by Gasteiger charge is 2.16. The van der Waals surface area contributed by atoms with E-state index in [1.54, 1.807) is 6.07 Å². The third kappa shape index (κ3) is 3.24. The van der Waals surface area contributed by atoms with Gasteiger partial charge in [0.1, 0.15) is 0 Å². The monoisotopic (exact) mass is 307 g/mol. The molecule has 1 aliphatic carbocycles. The number of rotatable bonds is 3.